The van der Waals surface area contributed by atoms with E-state index in [4.69, 9.17) is 18.0 Å². The minimum atomic E-state index is 0.252. The van der Waals surface area contributed by atoms with Gasteiger partial charge in [0, 0.05) is 25.5 Å². The smallest absolute Gasteiger partial charge is 0.144 e. The summed E-state index contributed by atoms with van der Waals surface area (Å²) in [7, 11) is 0. The molecule has 0 saturated heterocycles. The number of thiocarbonyl (C=S) groups is 1. The summed E-state index contributed by atoms with van der Waals surface area (Å²) in [6.07, 6.45) is 8.59. The van der Waals surface area contributed by atoms with E-state index >= 15 is 0 Å². The van der Waals surface area contributed by atoms with Gasteiger partial charge < -0.3 is 15.6 Å². The van der Waals surface area contributed by atoms with Gasteiger partial charge in [0.25, 0.3) is 0 Å². The zero-order valence-electron chi connectivity index (χ0n) is 9.08. The third-order valence-electron chi connectivity index (χ3n) is 2.14. The Balaban J connectivity index is 1.85. The van der Waals surface area contributed by atoms with Gasteiger partial charge in [0.1, 0.15) is 16.5 Å². The van der Waals surface area contributed by atoms with E-state index in [9.17, 15) is 0 Å². The maximum absolute atomic E-state index is 5.43. The fraction of sp³-hybridized carbons (Fsp3) is 0.200. The van der Waals surface area contributed by atoms with Crippen molar-refractivity contribution in [3.63, 3.8) is 0 Å². The quantitative estimate of drug-likeness (QED) is 0.746. The number of imidazole rings is 1. The Morgan fingerprint density at radius 2 is 2.29 bits per heavy atom. The Morgan fingerprint density at radius 3 is 2.88 bits per heavy atom. The molecule has 0 radical (unpaired) electrons. The van der Waals surface area contributed by atoms with E-state index in [0.717, 1.165) is 13.1 Å². The number of rotatable bonds is 5. The molecular weight excluding hydrogens is 236 g/mol. The Bertz CT molecular complexity index is 478. The number of aromatic nitrogens is 4. The first-order chi connectivity index (χ1) is 8.25. The average molecular weight is 248 g/mol. The van der Waals surface area contributed by atoms with Crippen LogP contribution in [-0.4, -0.2) is 31.1 Å². The molecule has 0 aliphatic heterocycles. The molecule has 0 bridgehead atoms. The van der Waals surface area contributed by atoms with Crippen molar-refractivity contribution < 1.29 is 0 Å². The first-order valence-electron chi connectivity index (χ1n) is 5.07. The van der Waals surface area contributed by atoms with E-state index in [-0.39, 0.29) is 4.99 Å². The topological polar surface area (TPSA) is 81.6 Å². The maximum atomic E-state index is 5.43. The zero-order valence-corrected chi connectivity index (χ0v) is 9.89. The molecule has 0 fully saturated rings. The lowest BCUT2D eigenvalue weighted by Crippen LogP contribution is -2.14. The number of anilines is 1. The minimum absolute atomic E-state index is 0.252. The fourth-order valence-electron chi connectivity index (χ4n) is 1.28. The average Bonchev–Trinajstić information content (AvgIpc) is 2.83. The van der Waals surface area contributed by atoms with Crippen LogP contribution in [-0.2, 0) is 6.54 Å². The van der Waals surface area contributed by atoms with Crippen LogP contribution in [0.2, 0.25) is 0 Å². The first-order valence-corrected chi connectivity index (χ1v) is 5.48. The first kappa shape index (κ1) is 11.5. The third kappa shape index (κ3) is 3.22. The van der Waals surface area contributed by atoms with E-state index in [1.54, 1.807) is 24.9 Å². The van der Waals surface area contributed by atoms with Gasteiger partial charge in [-0.15, -0.1) is 0 Å². The normalized spacial score (nSPS) is 10.1. The van der Waals surface area contributed by atoms with Crippen molar-refractivity contribution in [3.8, 4) is 0 Å². The lowest BCUT2D eigenvalue weighted by atomic mass is 10.4. The summed E-state index contributed by atoms with van der Waals surface area (Å²) < 4.78 is 1.98. The van der Waals surface area contributed by atoms with Crippen LogP contribution in [0.1, 0.15) is 5.69 Å². The predicted molar refractivity (Wildman–Crippen MR) is 68.6 cm³/mol. The van der Waals surface area contributed by atoms with Gasteiger partial charge in [-0.2, -0.15) is 0 Å². The molecule has 3 N–H and O–H groups in total. The van der Waals surface area contributed by atoms with Gasteiger partial charge in [-0.25, -0.2) is 15.0 Å². The standard InChI is InChI=1S/C10H12N6S/c11-10(17)8-5-15-9(6-14-8)13-2-4-16-3-1-12-7-16/h1,3,5-7H,2,4H2,(H2,11,17)(H,13,15). The largest absolute Gasteiger partial charge is 0.388 e. The molecule has 0 aliphatic rings. The number of nitrogens with zero attached hydrogens (tertiary/aromatic N) is 4. The summed E-state index contributed by atoms with van der Waals surface area (Å²) in [5, 5.41) is 3.14. The van der Waals surface area contributed by atoms with Crippen LogP contribution in [0.25, 0.3) is 0 Å². The predicted octanol–water partition coefficient (Wildman–Crippen LogP) is 0.419. The Hall–Kier alpha value is -2.02. The van der Waals surface area contributed by atoms with E-state index in [2.05, 4.69) is 20.3 Å². The lowest BCUT2D eigenvalue weighted by Gasteiger charge is -2.06. The van der Waals surface area contributed by atoms with Crippen molar-refractivity contribution in [2.45, 2.75) is 6.54 Å². The van der Waals surface area contributed by atoms with Gasteiger partial charge >= 0.3 is 0 Å². The van der Waals surface area contributed by atoms with Crippen molar-refractivity contribution in [1.82, 2.24) is 19.5 Å². The molecule has 7 heteroatoms. The van der Waals surface area contributed by atoms with E-state index in [1.165, 1.54) is 0 Å². The molecule has 0 aliphatic carbocycles. The van der Waals surface area contributed by atoms with Crippen LogP contribution in [0.3, 0.4) is 0 Å². The fourth-order valence-corrected chi connectivity index (χ4v) is 1.38. The van der Waals surface area contributed by atoms with Crippen molar-refractivity contribution in [3.05, 3.63) is 36.8 Å². The summed E-state index contributed by atoms with van der Waals surface area (Å²) in [6, 6.07) is 0. The van der Waals surface area contributed by atoms with Crippen LogP contribution in [0.5, 0.6) is 0 Å². The van der Waals surface area contributed by atoms with Gasteiger partial charge in [0.15, 0.2) is 0 Å². The van der Waals surface area contributed by atoms with Gasteiger partial charge in [-0.05, 0) is 0 Å². The van der Waals surface area contributed by atoms with Crippen molar-refractivity contribution in [1.29, 1.82) is 0 Å². The molecule has 17 heavy (non-hydrogen) atoms. The second kappa shape index (κ2) is 5.35. The molecule has 0 unspecified atom stereocenters. The SMILES string of the molecule is NC(=S)c1cnc(NCCn2ccnc2)cn1. The van der Waals surface area contributed by atoms with Crippen LogP contribution < -0.4 is 11.1 Å². The van der Waals surface area contributed by atoms with Gasteiger partial charge in [0.05, 0.1) is 18.7 Å². The monoisotopic (exact) mass is 248 g/mol. The second-order valence-electron chi connectivity index (χ2n) is 3.38. The highest BCUT2D eigenvalue weighted by Gasteiger charge is 1.99. The molecule has 88 valence electrons. The number of hydrogen-bond acceptors (Lipinski definition) is 5. The van der Waals surface area contributed by atoms with Gasteiger partial charge in [-0.1, -0.05) is 12.2 Å². The lowest BCUT2D eigenvalue weighted by molar-refractivity contribution is 0.725. The molecule has 6 nitrogen and oxygen atoms in total. The molecule has 2 heterocycles. The Kier molecular flexibility index (Phi) is 3.61. The van der Waals surface area contributed by atoms with E-state index in [1.807, 2.05) is 10.8 Å². The highest BCUT2D eigenvalue weighted by Crippen LogP contribution is 2.00. The van der Waals surface area contributed by atoms with E-state index < -0.39 is 0 Å². The molecule has 2 rings (SSSR count). The summed E-state index contributed by atoms with van der Waals surface area (Å²) in [5.74, 6) is 0.699. The highest BCUT2D eigenvalue weighted by molar-refractivity contribution is 7.80. The Labute approximate surface area is 104 Å². The van der Waals surface area contributed by atoms with Gasteiger partial charge in [0.2, 0.25) is 0 Å². The molecule has 0 spiro atoms. The molecule has 2 aromatic heterocycles. The van der Waals surface area contributed by atoms with Crippen LogP contribution >= 0.6 is 12.2 Å². The molecule has 0 aromatic carbocycles. The number of hydrogen-bond donors (Lipinski definition) is 2. The van der Waals surface area contributed by atoms with E-state index in [0.29, 0.717) is 11.5 Å². The second-order valence-corrected chi connectivity index (χ2v) is 3.82. The molecule has 0 amide bonds. The van der Waals surface area contributed by atoms with Crippen LogP contribution in [0, 0.1) is 0 Å². The minimum Gasteiger partial charge on any atom is -0.388 e. The zero-order chi connectivity index (χ0) is 12.1. The number of nitrogens with two attached hydrogens (primary N) is 1. The molecule has 0 saturated carbocycles. The molecule has 2 aromatic rings. The summed E-state index contributed by atoms with van der Waals surface area (Å²) in [6.45, 7) is 1.57. The van der Waals surface area contributed by atoms with Crippen molar-refractivity contribution in [2.24, 2.45) is 5.73 Å². The summed E-state index contributed by atoms with van der Waals surface area (Å²) >= 11 is 4.79. The maximum Gasteiger partial charge on any atom is 0.144 e. The van der Waals surface area contributed by atoms with Crippen molar-refractivity contribution in [2.75, 3.05) is 11.9 Å². The summed E-state index contributed by atoms with van der Waals surface area (Å²) in [4.78, 5) is 12.4. The highest BCUT2D eigenvalue weighted by atomic mass is 32.1. The Morgan fingerprint density at radius 1 is 1.41 bits per heavy atom. The van der Waals surface area contributed by atoms with Gasteiger partial charge in [-0.3, -0.25) is 0 Å². The van der Waals surface area contributed by atoms with Crippen molar-refractivity contribution >= 4 is 23.0 Å². The molecular formula is C10H12N6S. The van der Waals surface area contributed by atoms with Crippen LogP contribution in [0.15, 0.2) is 31.1 Å². The summed E-state index contributed by atoms with van der Waals surface area (Å²) in [5.41, 5.74) is 5.95. The van der Waals surface area contributed by atoms with Crippen LogP contribution in [0.4, 0.5) is 5.82 Å². The molecule has 0 atom stereocenters. The third-order valence-corrected chi connectivity index (χ3v) is 2.35. The number of nitrogens with one attached hydrogen (secondary N) is 1.